The molecule has 0 bridgehead atoms. The maximum atomic E-state index is 11.5. The third kappa shape index (κ3) is 3.14. The van der Waals surface area contributed by atoms with E-state index in [1.54, 1.807) is 23.7 Å². The number of carbonyl (C=O) groups is 1. The summed E-state index contributed by atoms with van der Waals surface area (Å²) in [6, 6.07) is 6.07. The number of primary amides is 1. The topological polar surface area (TPSA) is 85.0 Å². The first-order valence-corrected chi connectivity index (χ1v) is 9.72. The van der Waals surface area contributed by atoms with Crippen molar-refractivity contribution in [1.82, 2.24) is 15.0 Å². The van der Waals surface area contributed by atoms with E-state index in [-0.39, 0.29) is 11.8 Å². The first kappa shape index (κ1) is 16.9. The molecule has 7 heteroatoms. The van der Waals surface area contributed by atoms with Crippen molar-refractivity contribution < 1.29 is 4.79 Å². The van der Waals surface area contributed by atoms with Gasteiger partial charge >= 0.3 is 0 Å². The Morgan fingerprint density at radius 3 is 2.81 bits per heavy atom. The van der Waals surface area contributed by atoms with Gasteiger partial charge in [0.15, 0.2) is 5.82 Å². The van der Waals surface area contributed by atoms with E-state index in [1.807, 2.05) is 12.1 Å². The Kier molecular flexibility index (Phi) is 4.55. The quantitative estimate of drug-likeness (QED) is 0.766. The molecule has 0 unspecified atom stereocenters. The fourth-order valence-corrected chi connectivity index (χ4v) is 4.33. The monoisotopic (exact) mass is 367 g/mol. The molecule has 4 heterocycles. The van der Waals surface area contributed by atoms with E-state index in [9.17, 15) is 4.79 Å². The van der Waals surface area contributed by atoms with Gasteiger partial charge in [-0.3, -0.25) is 9.78 Å². The van der Waals surface area contributed by atoms with E-state index in [0.717, 1.165) is 53.9 Å². The van der Waals surface area contributed by atoms with E-state index in [0.29, 0.717) is 5.82 Å². The number of aryl methyl sites for hydroxylation is 1. The van der Waals surface area contributed by atoms with E-state index in [4.69, 9.17) is 15.7 Å². The van der Waals surface area contributed by atoms with E-state index >= 15 is 0 Å². The lowest BCUT2D eigenvalue weighted by Crippen LogP contribution is -2.39. The van der Waals surface area contributed by atoms with Gasteiger partial charge in [-0.05, 0) is 37.5 Å². The van der Waals surface area contributed by atoms with Crippen LogP contribution >= 0.6 is 11.3 Å². The largest absolute Gasteiger partial charge is 0.369 e. The molecule has 26 heavy (non-hydrogen) atoms. The maximum absolute atomic E-state index is 11.5. The van der Waals surface area contributed by atoms with Gasteiger partial charge in [0.1, 0.15) is 10.6 Å². The molecular formula is C19H21N5OS. The zero-order chi connectivity index (χ0) is 18.1. The second-order valence-corrected chi connectivity index (χ2v) is 7.68. The van der Waals surface area contributed by atoms with Crippen LogP contribution in [-0.2, 0) is 11.2 Å². The number of nitrogens with two attached hydrogens (primary N) is 1. The number of rotatable bonds is 4. The average molecular weight is 367 g/mol. The number of carbonyl (C=O) groups excluding carboxylic acids is 1. The minimum atomic E-state index is -0.197. The average Bonchev–Trinajstić information content (AvgIpc) is 3.11. The van der Waals surface area contributed by atoms with Gasteiger partial charge in [-0.15, -0.1) is 11.3 Å². The van der Waals surface area contributed by atoms with Gasteiger partial charge in [0, 0.05) is 41.8 Å². The zero-order valence-electron chi connectivity index (χ0n) is 14.7. The van der Waals surface area contributed by atoms with Gasteiger partial charge in [-0.1, -0.05) is 6.92 Å². The van der Waals surface area contributed by atoms with Gasteiger partial charge in [0.2, 0.25) is 5.91 Å². The molecule has 3 aromatic heterocycles. The predicted molar refractivity (Wildman–Crippen MR) is 104 cm³/mol. The summed E-state index contributed by atoms with van der Waals surface area (Å²) >= 11 is 1.72. The Hall–Kier alpha value is -2.54. The van der Waals surface area contributed by atoms with Crippen LogP contribution in [0.5, 0.6) is 0 Å². The lowest BCUT2D eigenvalue weighted by atomic mass is 9.96. The zero-order valence-corrected chi connectivity index (χ0v) is 15.5. The molecule has 1 fully saturated rings. The van der Waals surface area contributed by atoms with Crippen molar-refractivity contribution in [3.8, 4) is 11.4 Å². The van der Waals surface area contributed by atoms with Crippen LogP contribution in [0.4, 0.5) is 5.82 Å². The number of fused-ring (bicyclic) bond motifs is 1. The number of piperidine rings is 1. The summed E-state index contributed by atoms with van der Waals surface area (Å²) in [7, 11) is 0. The van der Waals surface area contributed by atoms with Crippen LogP contribution in [0.15, 0.2) is 30.6 Å². The molecule has 4 rings (SSSR count). The number of nitrogens with zero attached hydrogens (tertiary/aromatic N) is 4. The van der Waals surface area contributed by atoms with Gasteiger partial charge in [0.25, 0.3) is 0 Å². The Bertz CT molecular complexity index is 932. The second-order valence-electron chi connectivity index (χ2n) is 6.56. The Balaban J connectivity index is 1.77. The fourth-order valence-electron chi connectivity index (χ4n) is 3.37. The molecular weight excluding hydrogens is 346 g/mol. The minimum absolute atomic E-state index is 0.0324. The van der Waals surface area contributed by atoms with Crippen molar-refractivity contribution in [2.24, 2.45) is 11.7 Å². The number of anilines is 1. The van der Waals surface area contributed by atoms with Crippen LogP contribution in [0, 0.1) is 5.92 Å². The van der Waals surface area contributed by atoms with Crippen molar-refractivity contribution in [2.45, 2.75) is 26.2 Å². The van der Waals surface area contributed by atoms with Crippen LogP contribution in [0.25, 0.3) is 21.6 Å². The van der Waals surface area contributed by atoms with E-state index < -0.39 is 0 Å². The summed E-state index contributed by atoms with van der Waals surface area (Å²) in [6.45, 7) is 3.71. The third-order valence-electron chi connectivity index (χ3n) is 4.89. The highest BCUT2D eigenvalue weighted by Crippen LogP contribution is 2.35. The first-order valence-electron chi connectivity index (χ1n) is 8.91. The summed E-state index contributed by atoms with van der Waals surface area (Å²) in [5.74, 6) is 1.42. The molecule has 1 aliphatic rings. The summed E-state index contributed by atoms with van der Waals surface area (Å²) in [6.07, 6.45) is 6.06. The number of amides is 1. The molecule has 0 spiro atoms. The SMILES string of the molecule is CCc1cc2c(N3CCC(C(N)=O)CC3)nc(-c3cccnc3)nc2s1. The Morgan fingerprint density at radius 2 is 2.15 bits per heavy atom. The van der Waals surface area contributed by atoms with Crippen molar-refractivity contribution in [2.75, 3.05) is 18.0 Å². The summed E-state index contributed by atoms with van der Waals surface area (Å²) in [5, 5.41) is 1.09. The first-order chi connectivity index (χ1) is 12.7. The fraction of sp³-hybridized carbons (Fsp3) is 0.368. The smallest absolute Gasteiger partial charge is 0.220 e. The number of aromatic nitrogens is 3. The van der Waals surface area contributed by atoms with Gasteiger partial charge in [-0.2, -0.15) is 0 Å². The van der Waals surface area contributed by atoms with Crippen molar-refractivity contribution >= 4 is 33.3 Å². The normalized spacial score (nSPS) is 15.5. The number of hydrogen-bond donors (Lipinski definition) is 1. The summed E-state index contributed by atoms with van der Waals surface area (Å²) in [4.78, 5) is 29.9. The van der Waals surface area contributed by atoms with E-state index in [2.05, 4.69) is 22.9 Å². The highest BCUT2D eigenvalue weighted by Gasteiger charge is 2.26. The molecule has 3 aromatic rings. The number of hydrogen-bond acceptors (Lipinski definition) is 6. The maximum Gasteiger partial charge on any atom is 0.220 e. The molecule has 1 saturated heterocycles. The van der Waals surface area contributed by atoms with Crippen LogP contribution in [-0.4, -0.2) is 33.9 Å². The Morgan fingerprint density at radius 1 is 1.35 bits per heavy atom. The predicted octanol–water partition coefficient (Wildman–Crippen LogP) is 3.02. The number of pyridine rings is 1. The van der Waals surface area contributed by atoms with Crippen molar-refractivity contribution in [3.05, 3.63) is 35.5 Å². The molecule has 1 amide bonds. The molecule has 0 aromatic carbocycles. The van der Waals surface area contributed by atoms with Crippen molar-refractivity contribution in [1.29, 1.82) is 0 Å². The van der Waals surface area contributed by atoms with Crippen LogP contribution in [0.3, 0.4) is 0 Å². The Labute approximate surface area is 156 Å². The summed E-state index contributed by atoms with van der Waals surface area (Å²) in [5.41, 5.74) is 6.39. The highest BCUT2D eigenvalue weighted by molar-refractivity contribution is 7.18. The van der Waals surface area contributed by atoms with Gasteiger partial charge in [0.05, 0.1) is 5.39 Å². The third-order valence-corrected chi connectivity index (χ3v) is 6.06. The van der Waals surface area contributed by atoms with Gasteiger partial charge < -0.3 is 10.6 Å². The minimum Gasteiger partial charge on any atom is -0.369 e. The second kappa shape index (κ2) is 6.99. The molecule has 1 aliphatic heterocycles. The van der Waals surface area contributed by atoms with Crippen LogP contribution in [0.2, 0.25) is 0 Å². The van der Waals surface area contributed by atoms with Gasteiger partial charge in [-0.25, -0.2) is 9.97 Å². The lowest BCUT2D eigenvalue weighted by molar-refractivity contribution is -0.122. The van der Waals surface area contributed by atoms with Crippen LogP contribution < -0.4 is 10.6 Å². The molecule has 0 aliphatic carbocycles. The molecule has 6 nitrogen and oxygen atoms in total. The molecule has 0 radical (unpaired) electrons. The number of thiophene rings is 1. The highest BCUT2D eigenvalue weighted by atomic mass is 32.1. The standard InChI is InChI=1S/C19H21N5OS/c1-2-14-10-15-18(24-8-5-12(6-9-24)16(20)25)22-17(23-19(15)26-14)13-4-3-7-21-11-13/h3-4,7,10-12H,2,5-6,8-9H2,1H3,(H2,20,25). The molecule has 134 valence electrons. The van der Waals surface area contributed by atoms with Crippen molar-refractivity contribution in [3.63, 3.8) is 0 Å². The molecule has 2 N–H and O–H groups in total. The summed E-state index contributed by atoms with van der Waals surface area (Å²) < 4.78 is 0. The van der Waals surface area contributed by atoms with Crippen LogP contribution in [0.1, 0.15) is 24.6 Å². The lowest BCUT2D eigenvalue weighted by Gasteiger charge is -2.32. The molecule has 0 saturated carbocycles. The van der Waals surface area contributed by atoms with E-state index in [1.165, 1.54) is 4.88 Å². The molecule has 0 atom stereocenters.